The minimum absolute atomic E-state index is 0.0230. The summed E-state index contributed by atoms with van der Waals surface area (Å²) in [5, 5.41) is 9.49. The number of carbonyl (C=O) groups excluding carboxylic acids is 1. The predicted octanol–water partition coefficient (Wildman–Crippen LogP) is 2.42. The summed E-state index contributed by atoms with van der Waals surface area (Å²) in [6.45, 7) is 8.84. The first-order valence-electron chi connectivity index (χ1n) is 7.57. The lowest BCUT2D eigenvalue weighted by molar-refractivity contribution is -0.148. The van der Waals surface area contributed by atoms with E-state index < -0.39 is 11.4 Å². The van der Waals surface area contributed by atoms with Crippen molar-refractivity contribution in [3.05, 3.63) is 0 Å². The van der Waals surface area contributed by atoms with E-state index >= 15 is 0 Å². The molecule has 5 nitrogen and oxygen atoms in total. The lowest BCUT2D eigenvalue weighted by Gasteiger charge is -2.28. The second kappa shape index (κ2) is 5.26. The highest BCUT2D eigenvalue weighted by Crippen LogP contribution is 2.37. The molecule has 1 N–H and O–H groups in total. The molecule has 0 aromatic heterocycles. The van der Waals surface area contributed by atoms with Crippen molar-refractivity contribution in [3.8, 4) is 0 Å². The Hall–Kier alpha value is -1.26. The number of carboxylic acid groups (broad SMARTS) is 1. The molecule has 2 heterocycles. The normalized spacial score (nSPS) is 28.9. The molecule has 1 atom stereocenters. The van der Waals surface area contributed by atoms with E-state index in [4.69, 9.17) is 0 Å². The third kappa shape index (κ3) is 2.76. The van der Waals surface area contributed by atoms with Crippen LogP contribution < -0.4 is 0 Å². The van der Waals surface area contributed by atoms with Crippen molar-refractivity contribution in [1.29, 1.82) is 0 Å². The molecule has 0 aromatic carbocycles. The Labute approximate surface area is 120 Å². The number of nitrogens with zero attached hydrogens (tertiary/aromatic N) is 2. The molecule has 2 amide bonds. The Morgan fingerprint density at radius 3 is 2.20 bits per heavy atom. The molecule has 0 radical (unpaired) electrons. The first-order valence-corrected chi connectivity index (χ1v) is 7.57. The maximum atomic E-state index is 12.5. The first-order chi connectivity index (χ1) is 9.30. The Balaban J connectivity index is 2.02. The summed E-state index contributed by atoms with van der Waals surface area (Å²) < 4.78 is 0. The SMILES string of the molecule is CCCC1(C(=O)O)CCN(C(=O)N2CCC(C)(C)C2)C1. The number of amides is 2. The highest BCUT2D eigenvalue weighted by molar-refractivity contribution is 5.80. The lowest BCUT2D eigenvalue weighted by Crippen LogP contribution is -2.43. The minimum Gasteiger partial charge on any atom is -0.481 e. The van der Waals surface area contributed by atoms with Crippen LogP contribution in [0.1, 0.15) is 46.5 Å². The summed E-state index contributed by atoms with van der Waals surface area (Å²) in [6.07, 6.45) is 3.09. The lowest BCUT2D eigenvalue weighted by atomic mass is 9.83. The van der Waals surface area contributed by atoms with Crippen LogP contribution in [0, 0.1) is 10.8 Å². The summed E-state index contributed by atoms with van der Waals surface area (Å²) in [5.74, 6) is -0.753. The smallest absolute Gasteiger partial charge is 0.320 e. The van der Waals surface area contributed by atoms with Crippen LogP contribution in [0.2, 0.25) is 0 Å². The van der Waals surface area contributed by atoms with Crippen LogP contribution in [0.15, 0.2) is 0 Å². The van der Waals surface area contributed by atoms with Crippen molar-refractivity contribution in [2.75, 3.05) is 26.2 Å². The third-order valence-corrected chi connectivity index (χ3v) is 4.75. The molecule has 2 saturated heterocycles. The molecule has 2 rings (SSSR count). The molecule has 5 heteroatoms. The van der Waals surface area contributed by atoms with E-state index in [1.165, 1.54) is 0 Å². The van der Waals surface area contributed by atoms with Crippen LogP contribution in [0.5, 0.6) is 0 Å². The minimum atomic E-state index is -0.753. The molecular formula is C15H26N2O3. The van der Waals surface area contributed by atoms with Crippen molar-refractivity contribution in [2.45, 2.75) is 46.5 Å². The van der Waals surface area contributed by atoms with Gasteiger partial charge in [0.1, 0.15) is 0 Å². The van der Waals surface area contributed by atoms with Gasteiger partial charge in [0, 0.05) is 26.2 Å². The Morgan fingerprint density at radius 1 is 1.10 bits per heavy atom. The average molecular weight is 282 g/mol. The van der Waals surface area contributed by atoms with E-state index in [1.54, 1.807) is 4.90 Å². The molecule has 0 spiro atoms. The number of rotatable bonds is 3. The highest BCUT2D eigenvalue weighted by Gasteiger charge is 2.47. The number of urea groups is 1. The molecule has 20 heavy (non-hydrogen) atoms. The fraction of sp³-hybridized carbons (Fsp3) is 0.867. The highest BCUT2D eigenvalue weighted by atomic mass is 16.4. The largest absolute Gasteiger partial charge is 0.481 e. The number of carbonyl (C=O) groups is 2. The topological polar surface area (TPSA) is 60.9 Å². The maximum Gasteiger partial charge on any atom is 0.320 e. The van der Waals surface area contributed by atoms with Gasteiger partial charge in [0.05, 0.1) is 5.41 Å². The van der Waals surface area contributed by atoms with Crippen LogP contribution in [0.25, 0.3) is 0 Å². The quantitative estimate of drug-likeness (QED) is 0.864. The zero-order chi connectivity index (χ0) is 15.0. The number of hydrogen-bond acceptors (Lipinski definition) is 2. The summed E-state index contributed by atoms with van der Waals surface area (Å²) >= 11 is 0. The van der Waals surface area contributed by atoms with Crippen molar-refractivity contribution in [1.82, 2.24) is 9.80 Å². The molecule has 114 valence electrons. The van der Waals surface area contributed by atoms with Crippen LogP contribution in [-0.4, -0.2) is 53.1 Å². The Kier molecular flexibility index (Phi) is 3.98. The first kappa shape index (κ1) is 15.1. The van der Waals surface area contributed by atoms with E-state index in [0.717, 1.165) is 25.9 Å². The van der Waals surface area contributed by atoms with Gasteiger partial charge >= 0.3 is 12.0 Å². The predicted molar refractivity (Wildman–Crippen MR) is 76.5 cm³/mol. The molecular weight excluding hydrogens is 256 g/mol. The van der Waals surface area contributed by atoms with E-state index in [-0.39, 0.29) is 11.4 Å². The van der Waals surface area contributed by atoms with Gasteiger partial charge in [-0.05, 0) is 24.7 Å². The molecule has 0 aromatic rings. The van der Waals surface area contributed by atoms with E-state index in [0.29, 0.717) is 25.9 Å². The number of aliphatic carboxylic acids is 1. The van der Waals surface area contributed by atoms with Gasteiger partial charge in [-0.2, -0.15) is 0 Å². The molecule has 2 aliphatic rings. The van der Waals surface area contributed by atoms with Gasteiger partial charge in [-0.1, -0.05) is 27.2 Å². The third-order valence-electron chi connectivity index (χ3n) is 4.75. The Bertz CT molecular complexity index is 408. The zero-order valence-corrected chi connectivity index (χ0v) is 12.8. The van der Waals surface area contributed by atoms with Gasteiger partial charge in [-0.3, -0.25) is 4.79 Å². The average Bonchev–Trinajstić information content (AvgIpc) is 2.94. The van der Waals surface area contributed by atoms with Crippen molar-refractivity contribution >= 4 is 12.0 Å². The second-order valence-corrected chi connectivity index (χ2v) is 7.13. The summed E-state index contributed by atoms with van der Waals surface area (Å²) in [4.78, 5) is 27.7. The van der Waals surface area contributed by atoms with Gasteiger partial charge in [0.2, 0.25) is 0 Å². The standard InChI is InChI=1S/C15H26N2O3/c1-4-5-15(12(18)19)7-9-17(11-15)13(20)16-8-6-14(2,3)10-16/h4-11H2,1-3H3,(H,18,19). The monoisotopic (exact) mass is 282 g/mol. The van der Waals surface area contributed by atoms with Crippen LogP contribution in [0.3, 0.4) is 0 Å². The number of likely N-dealkylation sites (tertiary alicyclic amines) is 2. The molecule has 0 aliphatic carbocycles. The number of carboxylic acids is 1. The van der Waals surface area contributed by atoms with E-state index in [9.17, 15) is 14.7 Å². The van der Waals surface area contributed by atoms with Crippen LogP contribution in [0.4, 0.5) is 4.79 Å². The van der Waals surface area contributed by atoms with Gasteiger partial charge in [-0.25, -0.2) is 4.79 Å². The fourth-order valence-electron chi connectivity index (χ4n) is 3.48. The van der Waals surface area contributed by atoms with Gasteiger partial charge < -0.3 is 14.9 Å². The number of hydrogen-bond donors (Lipinski definition) is 1. The van der Waals surface area contributed by atoms with E-state index in [2.05, 4.69) is 13.8 Å². The molecule has 2 aliphatic heterocycles. The zero-order valence-electron chi connectivity index (χ0n) is 12.8. The summed E-state index contributed by atoms with van der Waals surface area (Å²) in [5.41, 5.74) is -0.539. The summed E-state index contributed by atoms with van der Waals surface area (Å²) in [6, 6.07) is 0.0230. The van der Waals surface area contributed by atoms with Gasteiger partial charge in [0.25, 0.3) is 0 Å². The molecule has 2 fully saturated rings. The van der Waals surface area contributed by atoms with Crippen LogP contribution in [-0.2, 0) is 4.79 Å². The Morgan fingerprint density at radius 2 is 1.70 bits per heavy atom. The molecule has 0 saturated carbocycles. The molecule has 1 unspecified atom stereocenters. The van der Waals surface area contributed by atoms with Crippen molar-refractivity contribution < 1.29 is 14.7 Å². The maximum absolute atomic E-state index is 12.5. The van der Waals surface area contributed by atoms with Gasteiger partial charge in [-0.15, -0.1) is 0 Å². The van der Waals surface area contributed by atoms with Crippen molar-refractivity contribution in [3.63, 3.8) is 0 Å². The van der Waals surface area contributed by atoms with Gasteiger partial charge in [0.15, 0.2) is 0 Å². The van der Waals surface area contributed by atoms with Crippen molar-refractivity contribution in [2.24, 2.45) is 10.8 Å². The summed E-state index contributed by atoms with van der Waals surface area (Å²) in [7, 11) is 0. The second-order valence-electron chi connectivity index (χ2n) is 7.13. The van der Waals surface area contributed by atoms with E-state index in [1.807, 2.05) is 11.8 Å². The fourth-order valence-corrected chi connectivity index (χ4v) is 3.48. The molecule has 0 bridgehead atoms. The van der Waals surface area contributed by atoms with Crippen LogP contribution >= 0.6 is 0 Å².